The first kappa shape index (κ1) is 19.6. The predicted octanol–water partition coefficient (Wildman–Crippen LogP) is 3.96. The number of thiazole rings is 1. The highest BCUT2D eigenvalue weighted by Crippen LogP contribution is 2.34. The molecule has 152 valence electrons. The molecule has 1 amide bonds. The number of rotatable bonds is 3. The minimum atomic E-state index is -0.243. The summed E-state index contributed by atoms with van der Waals surface area (Å²) in [5.41, 5.74) is 2.93. The molecule has 3 aromatic heterocycles. The third kappa shape index (κ3) is 3.91. The molecule has 0 radical (unpaired) electrons. The lowest BCUT2D eigenvalue weighted by Crippen LogP contribution is -2.39. The Labute approximate surface area is 173 Å². The number of aromatic nitrogens is 5. The Bertz CT molecular complexity index is 1000. The molecule has 4 heterocycles. The molecule has 4 rings (SSSR count). The maximum Gasteiger partial charge on any atom is 0.259 e. The molecule has 0 saturated carbocycles. The maximum atomic E-state index is 13.2. The van der Waals surface area contributed by atoms with E-state index in [0.717, 1.165) is 29.8 Å². The van der Waals surface area contributed by atoms with Gasteiger partial charge in [0, 0.05) is 24.4 Å². The number of carbonyl (C=O) groups excluding carboxylic acids is 1. The number of aryl methyl sites for hydroxylation is 1. The summed E-state index contributed by atoms with van der Waals surface area (Å²) in [5.74, 6) is 1.53. The van der Waals surface area contributed by atoms with Crippen molar-refractivity contribution < 1.29 is 9.21 Å². The van der Waals surface area contributed by atoms with Crippen LogP contribution in [0.15, 0.2) is 22.3 Å². The fourth-order valence-corrected chi connectivity index (χ4v) is 4.11. The summed E-state index contributed by atoms with van der Waals surface area (Å²) in [6, 6.07) is -0.243. The number of nitrogens with zero attached hydrogens (tertiary/aromatic N) is 6. The molecule has 0 aliphatic carbocycles. The Hall–Kier alpha value is -2.68. The van der Waals surface area contributed by atoms with Crippen LogP contribution < -0.4 is 0 Å². The van der Waals surface area contributed by atoms with E-state index in [-0.39, 0.29) is 17.4 Å². The Morgan fingerprint density at radius 1 is 1.17 bits per heavy atom. The molecule has 1 aliphatic rings. The van der Waals surface area contributed by atoms with E-state index in [1.165, 1.54) is 11.3 Å². The highest BCUT2D eigenvalue weighted by Gasteiger charge is 2.33. The van der Waals surface area contributed by atoms with Crippen molar-refractivity contribution in [3.8, 4) is 10.8 Å². The Morgan fingerprint density at radius 2 is 1.93 bits per heavy atom. The maximum absolute atomic E-state index is 13.2. The molecule has 8 nitrogen and oxygen atoms in total. The average molecular weight is 413 g/mol. The van der Waals surface area contributed by atoms with Gasteiger partial charge < -0.3 is 9.32 Å². The van der Waals surface area contributed by atoms with E-state index in [9.17, 15) is 4.79 Å². The zero-order valence-electron chi connectivity index (χ0n) is 17.0. The smallest absolute Gasteiger partial charge is 0.259 e. The predicted molar refractivity (Wildman–Crippen MR) is 109 cm³/mol. The zero-order chi connectivity index (χ0) is 20.6. The first-order valence-electron chi connectivity index (χ1n) is 9.72. The van der Waals surface area contributed by atoms with Gasteiger partial charge in [0.2, 0.25) is 5.89 Å². The minimum absolute atomic E-state index is 0.108. The van der Waals surface area contributed by atoms with Crippen molar-refractivity contribution in [2.24, 2.45) is 0 Å². The summed E-state index contributed by atoms with van der Waals surface area (Å²) in [6.07, 6.45) is 5.96. The highest BCUT2D eigenvalue weighted by molar-refractivity contribution is 7.13. The molecule has 3 aromatic rings. The fourth-order valence-electron chi connectivity index (χ4n) is 3.39. The number of hydrogen-bond donors (Lipinski definition) is 0. The van der Waals surface area contributed by atoms with E-state index in [1.807, 2.05) is 27.7 Å². The van der Waals surface area contributed by atoms with Gasteiger partial charge in [-0.15, -0.1) is 21.5 Å². The lowest BCUT2D eigenvalue weighted by atomic mass is 9.95. The van der Waals surface area contributed by atoms with Gasteiger partial charge in [-0.25, -0.2) is 15.0 Å². The van der Waals surface area contributed by atoms with E-state index in [2.05, 4.69) is 25.1 Å². The van der Waals surface area contributed by atoms with Crippen molar-refractivity contribution in [1.29, 1.82) is 0 Å². The number of amides is 1. The molecular formula is C20H24N6O2S. The Balaban J connectivity index is 1.59. The molecule has 1 fully saturated rings. The lowest BCUT2D eigenvalue weighted by molar-refractivity contribution is 0.0571. The summed E-state index contributed by atoms with van der Waals surface area (Å²) in [7, 11) is 0. The van der Waals surface area contributed by atoms with Crippen LogP contribution in [-0.4, -0.2) is 42.5 Å². The molecule has 0 bridgehead atoms. The van der Waals surface area contributed by atoms with Crippen molar-refractivity contribution in [2.45, 2.75) is 58.4 Å². The number of carbonyl (C=O) groups is 1. The molecule has 1 atom stereocenters. The van der Waals surface area contributed by atoms with Gasteiger partial charge >= 0.3 is 0 Å². The molecule has 0 aromatic carbocycles. The normalized spacial score (nSPS) is 17.5. The molecule has 0 spiro atoms. The van der Waals surface area contributed by atoms with Crippen molar-refractivity contribution in [1.82, 2.24) is 30.0 Å². The molecule has 1 saturated heterocycles. The minimum Gasteiger partial charge on any atom is -0.418 e. The van der Waals surface area contributed by atoms with Gasteiger partial charge in [0.15, 0.2) is 0 Å². The van der Waals surface area contributed by atoms with Gasteiger partial charge in [0.1, 0.15) is 16.7 Å². The van der Waals surface area contributed by atoms with E-state index < -0.39 is 0 Å². The molecule has 0 N–H and O–H groups in total. The topological polar surface area (TPSA) is 97.9 Å². The highest BCUT2D eigenvalue weighted by atomic mass is 32.1. The van der Waals surface area contributed by atoms with Gasteiger partial charge in [-0.2, -0.15) is 0 Å². The summed E-state index contributed by atoms with van der Waals surface area (Å²) in [6.45, 7) is 8.68. The van der Waals surface area contributed by atoms with Crippen LogP contribution in [-0.2, 0) is 5.41 Å². The van der Waals surface area contributed by atoms with Gasteiger partial charge in [0.25, 0.3) is 11.8 Å². The third-order valence-corrected chi connectivity index (χ3v) is 5.92. The number of piperidine rings is 1. The van der Waals surface area contributed by atoms with Gasteiger partial charge in [-0.1, -0.05) is 20.8 Å². The van der Waals surface area contributed by atoms with Crippen LogP contribution in [0, 0.1) is 6.92 Å². The second-order valence-electron chi connectivity index (χ2n) is 8.27. The Kier molecular flexibility index (Phi) is 5.16. The van der Waals surface area contributed by atoms with Crippen LogP contribution in [0.2, 0.25) is 0 Å². The van der Waals surface area contributed by atoms with E-state index >= 15 is 0 Å². The first-order chi connectivity index (χ1) is 13.8. The second kappa shape index (κ2) is 7.62. The van der Waals surface area contributed by atoms with Crippen LogP contribution >= 0.6 is 11.3 Å². The zero-order valence-corrected chi connectivity index (χ0v) is 17.9. The van der Waals surface area contributed by atoms with Crippen LogP contribution in [0.1, 0.15) is 73.8 Å². The van der Waals surface area contributed by atoms with Crippen molar-refractivity contribution in [3.05, 3.63) is 40.9 Å². The van der Waals surface area contributed by atoms with Gasteiger partial charge in [-0.05, 0) is 26.2 Å². The average Bonchev–Trinajstić information content (AvgIpc) is 3.35. The summed E-state index contributed by atoms with van der Waals surface area (Å²) >= 11 is 1.47. The number of hydrogen-bond acceptors (Lipinski definition) is 8. The quantitative estimate of drug-likeness (QED) is 0.642. The SMILES string of the molecule is Cc1ncsc1-c1nnc(C2CCCCN2C(=O)c2cnc(C(C)(C)C)nc2)o1. The van der Waals surface area contributed by atoms with E-state index in [1.54, 1.807) is 22.8 Å². The van der Waals surface area contributed by atoms with Crippen LogP contribution in [0.5, 0.6) is 0 Å². The summed E-state index contributed by atoms with van der Waals surface area (Å²) in [5, 5.41) is 8.44. The molecule has 9 heteroatoms. The van der Waals surface area contributed by atoms with Crippen molar-refractivity contribution >= 4 is 17.2 Å². The molecular weight excluding hydrogens is 388 g/mol. The molecule has 1 aliphatic heterocycles. The molecule has 1 unspecified atom stereocenters. The van der Waals surface area contributed by atoms with Crippen LogP contribution in [0.3, 0.4) is 0 Å². The van der Waals surface area contributed by atoms with Crippen molar-refractivity contribution in [2.75, 3.05) is 6.54 Å². The summed E-state index contributed by atoms with van der Waals surface area (Å²) in [4.78, 5) is 28.9. The molecule has 29 heavy (non-hydrogen) atoms. The third-order valence-electron chi connectivity index (χ3n) is 5.00. The van der Waals surface area contributed by atoms with Crippen molar-refractivity contribution in [3.63, 3.8) is 0 Å². The Morgan fingerprint density at radius 3 is 2.59 bits per heavy atom. The number of likely N-dealkylation sites (tertiary alicyclic amines) is 1. The van der Waals surface area contributed by atoms with E-state index in [4.69, 9.17) is 4.42 Å². The van der Waals surface area contributed by atoms with Crippen LogP contribution in [0.25, 0.3) is 10.8 Å². The first-order valence-corrected chi connectivity index (χ1v) is 10.6. The van der Waals surface area contributed by atoms with Crippen LogP contribution in [0.4, 0.5) is 0 Å². The van der Waals surface area contributed by atoms with Gasteiger partial charge in [-0.3, -0.25) is 4.79 Å². The largest absolute Gasteiger partial charge is 0.418 e. The second-order valence-corrected chi connectivity index (χ2v) is 9.12. The monoisotopic (exact) mass is 412 g/mol. The standard InChI is InChI=1S/C20H24N6O2S/c1-12-15(29-11-23-12)17-25-24-16(28-17)14-7-5-6-8-26(14)18(27)13-9-21-19(22-10-13)20(2,3)4/h9-11,14H,5-8H2,1-4H3. The fraction of sp³-hybridized carbons (Fsp3) is 0.500. The van der Waals surface area contributed by atoms with E-state index in [0.29, 0.717) is 29.7 Å². The van der Waals surface area contributed by atoms with Gasteiger partial charge in [0.05, 0.1) is 16.8 Å². The lowest BCUT2D eigenvalue weighted by Gasteiger charge is -2.33. The summed E-state index contributed by atoms with van der Waals surface area (Å²) < 4.78 is 5.95.